The number of nitrogens with one attached hydrogen (secondary N) is 2. The highest BCUT2D eigenvalue weighted by Gasteiger charge is 2.37. The summed E-state index contributed by atoms with van der Waals surface area (Å²) in [6, 6.07) is 4.89. The van der Waals surface area contributed by atoms with E-state index in [2.05, 4.69) is 10.6 Å². The van der Waals surface area contributed by atoms with E-state index in [0.717, 1.165) is 6.07 Å². The van der Waals surface area contributed by atoms with Gasteiger partial charge in [-0.25, -0.2) is 4.79 Å². The van der Waals surface area contributed by atoms with Gasteiger partial charge in [-0.1, -0.05) is 25.1 Å². The van der Waals surface area contributed by atoms with Crippen molar-refractivity contribution in [2.45, 2.75) is 31.4 Å². The molecule has 1 saturated heterocycles. The minimum atomic E-state index is -4.41. The van der Waals surface area contributed by atoms with E-state index in [1.54, 1.807) is 13.0 Å². The zero-order valence-corrected chi connectivity index (χ0v) is 14.7. The van der Waals surface area contributed by atoms with Gasteiger partial charge < -0.3 is 20.5 Å². The lowest BCUT2D eigenvalue weighted by Gasteiger charge is -2.38. The fraction of sp³-hybridized carbons (Fsp3) is 0.611. The van der Waals surface area contributed by atoms with Gasteiger partial charge in [0.15, 0.2) is 0 Å². The molecule has 0 aromatic heterocycles. The summed E-state index contributed by atoms with van der Waals surface area (Å²) >= 11 is 0. The van der Waals surface area contributed by atoms with Crippen molar-refractivity contribution in [3.63, 3.8) is 0 Å². The van der Waals surface area contributed by atoms with Crippen LogP contribution in [0, 0.1) is 5.92 Å². The monoisotopic (exact) mass is 374 g/mol. The van der Waals surface area contributed by atoms with E-state index in [-0.39, 0.29) is 19.1 Å². The minimum Gasteiger partial charge on any atom is -0.396 e. The quantitative estimate of drug-likeness (QED) is 0.717. The van der Waals surface area contributed by atoms with Crippen LogP contribution in [-0.2, 0) is 16.3 Å². The lowest BCUT2D eigenvalue weighted by Crippen LogP contribution is -2.48. The highest BCUT2D eigenvalue weighted by Crippen LogP contribution is 2.37. The van der Waals surface area contributed by atoms with Crippen molar-refractivity contribution < 1.29 is 27.8 Å². The molecule has 1 aliphatic heterocycles. The molecule has 0 spiro atoms. The number of alkyl halides is 3. The maximum atomic E-state index is 13.1. The van der Waals surface area contributed by atoms with E-state index in [9.17, 15) is 18.0 Å². The molecule has 8 heteroatoms. The van der Waals surface area contributed by atoms with E-state index < -0.39 is 23.2 Å². The van der Waals surface area contributed by atoms with Crippen LogP contribution in [-0.4, -0.2) is 44.0 Å². The van der Waals surface area contributed by atoms with Gasteiger partial charge in [-0.15, -0.1) is 0 Å². The predicted molar refractivity (Wildman–Crippen MR) is 90.8 cm³/mol. The second kappa shape index (κ2) is 8.73. The van der Waals surface area contributed by atoms with E-state index in [4.69, 9.17) is 9.84 Å². The van der Waals surface area contributed by atoms with Crippen LogP contribution in [0.2, 0.25) is 0 Å². The normalized spacial score (nSPS) is 18.2. The Bertz CT molecular complexity index is 602. The first kappa shape index (κ1) is 20.5. The van der Waals surface area contributed by atoms with E-state index in [1.807, 2.05) is 0 Å². The van der Waals surface area contributed by atoms with Gasteiger partial charge in [-0.2, -0.15) is 13.2 Å². The van der Waals surface area contributed by atoms with Gasteiger partial charge in [0.2, 0.25) is 0 Å². The van der Waals surface area contributed by atoms with Crippen molar-refractivity contribution >= 4 is 6.03 Å². The molecule has 1 aromatic rings. The summed E-state index contributed by atoms with van der Waals surface area (Å²) in [7, 11) is 0. The third-order valence-corrected chi connectivity index (χ3v) is 4.76. The first-order chi connectivity index (χ1) is 12.3. The molecule has 0 bridgehead atoms. The summed E-state index contributed by atoms with van der Waals surface area (Å²) in [5.41, 5.74) is -0.735. The average Bonchev–Trinajstić information content (AvgIpc) is 2.64. The largest absolute Gasteiger partial charge is 0.416 e. The molecule has 0 saturated carbocycles. The van der Waals surface area contributed by atoms with E-state index in [1.165, 1.54) is 12.1 Å². The number of carbonyl (C=O) groups excluding carboxylic acids is 1. The fourth-order valence-electron chi connectivity index (χ4n) is 3.00. The number of carbonyl (C=O) groups is 1. The van der Waals surface area contributed by atoms with Crippen molar-refractivity contribution in [3.05, 3.63) is 35.4 Å². The van der Waals surface area contributed by atoms with Crippen molar-refractivity contribution in [3.8, 4) is 0 Å². The van der Waals surface area contributed by atoms with Crippen molar-refractivity contribution in [2.24, 2.45) is 5.92 Å². The third kappa shape index (κ3) is 5.35. The number of aliphatic hydroxyl groups excluding tert-OH is 1. The summed E-state index contributed by atoms with van der Waals surface area (Å²) in [5.74, 6) is -0.0683. The lowest BCUT2D eigenvalue weighted by atomic mass is 9.73. The summed E-state index contributed by atoms with van der Waals surface area (Å²) in [6.45, 7) is 3.16. The molecule has 1 atom stereocenters. The Kier molecular flexibility index (Phi) is 6.88. The number of rotatable bonds is 6. The van der Waals surface area contributed by atoms with Gasteiger partial charge in [0.25, 0.3) is 0 Å². The fourth-order valence-corrected chi connectivity index (χ4v) is 3.00. The van der Waals surface area contributed by atoms with Crippen LogP contribution in [0.25, 0.3) is 0 Å². The van der Waals surface area contributed by atoms with Crippen LogP contribution in [0.5, 0.6) is 0 Å². The zero-order chi connectivity index (χ0) is 19.2. The summed E-state index contributed by atoms with van der Waals surface area (Å²) in [4.78, 5) is 12.0. The molecule has 5 nitrogen and oxygen atoms in total. The van der Waals surface area contributed by atoms with Crippen LogP contribution >= 0.6 is 0 Å². The van der Waals surface area contributed by atoms with Crippen LogP contribution in [0.3, 0.4) is 0 Å². The van der Waals surface area contributed by atoms with Crippen LogP contribution < -0.4 is 10.6 Å². The van der Waals surface area contributed by atoms with E-state index in [0.29, 0.717) is 38.2 Å². The number of aliphatic hydroxyl groups is 1. The van der Waals surface area contributed by atoms with Crippen molar-refractivity contribution in [2.75, 3.05) is 32.9 Å². The highest BCUT2D eigenvalue weighted by molar-refractivity contribution is 5.74. The van der Waals surface area contributed by atoms with Gasteiger partial charge in [-0.3, -0.25) is 0 Å². The molecule has 1 heterocycles. The molecular weight excluding hydrogens is 349 g/mol. The number of ether oxygens (including phenoxy) is 1. The highest BCUT2D eigenvalue weighted by atomic mass is 19.4. The van der Waals surface area contributed by atoms with Gasteiger partial charge in [-0.05, 0) is 30.4 Å². The molecule has 0 radical (unpaired) electrons. The predicted octanol–water partition coefficient (Wildman–Crippen LogP) is 2.68. The standard InChI is InChI=1S/C18H25F3N2O3/c1-13(11-24)10-22-16(25)23-12-17(5-7-26-8-6-17)14-3-2-4-15(9-14)18(19,20)21/h2-4,9,13,24H,5-8,10-12H2,1H3,(H2,22,23,25). The Hall–Kier alpha value is -1.80. The molecule has 26 heavy (non-hydrogen) atoms. The zero-order valence-electron chi connectivity index (χ0n) is 14.7. The Morgan fingerprint density at radius 1 is 1.31 bits per heavy atom. The van der Waals surface area contributed by atoms with Crippen LogP contribution in [0.15, 0.2) is 24.3 Å². The summed E-state index contributed by atoms with van der Waals surface area (Å²) < 4.78 is 44.5. The second-order valence-corrected chi connectivity index (χ2v) is 6.82. The van der Waals surface area contributed by atoms with E-state index >= 15 is 0 Å². The van der Waals surface area contributed by atoms with Gasteiger partial charge in [0.1, 0.15) is 0 Å². The lowest BCUT2D eigenvalue weighted by molar-refractivity contribution is -0.137. The molecule has 0 aliphatic carbocycles. The Balaban J connectivity index is 2.12. The molecule has 1 aliphatic rings. The smallest absolute Gasteiger partial charge is 0.396 e. The van der Waals surface area contributed by atoms with Gasteiger partial charge >= 0.3 is 12.2 Å². The molecule has 2 amide bonds. The molecule has 1 unspecified atom stereocenters. The number of halogens is 3. The maximum Gasteiger partial charge on any atom is 0.416 e. The minimum absolute atomic E-state index is 0.0359. The number of amides is 2. The number of urea groups is 1. The Morgan fingerprint density at radius 3 is 2.62 bits per heavy atom. The van der Waals surface area contributed by atoms with Crippen molar-refractivity contribution in [1.29, 1.82) is 0 Å². The molecule has 2 rings (SSSR count). The average molecular weight is 374 g/mol. The Labute approximate surface area is 150 Å². The number of benzene rings is 1. The molecule has 1 fully saturated rings. The number of hydrogen-bond donors (Lipinski definition) is 3. The van der Waals surface area contributed by atoms with Gasteiger partial charge in [0.05, 0.1) is 5.56 Å². The van der Waals surface area contributed by atoms with Crippen molar-refractivity contribution in [1.82, 2.24) is 10.6 Å². The topological polar surface area (TPSA) is 70.6 Å². The van der Waals surface area contributed by atoms with Gasteiger partial charge in [0, 0.05) is 38.3 Å². The van der Waals surface area contributed by atoms with Crippen LogP contribution in [0.4, 0.5) is 18.0 Å². The number of hydrogen-bond acceptors (Lipinski definition) is 3. The molecular formula is C18H25F3N2O3. The van der Waals surface area contributed by atoms with Crippen LogP contribution in [0.1, 0.15) is 30.9 Å². The third-order valence-electron chi connectivity index (χ3n) is 4.76. The second-order valence-electron chi connectivity index (χ2n) is 6.82. The molecule has 1 aromatic carbocycles. The first-order valence-corrected chi connectivity index (χ1v) is 8.65. The Morgan fingerprint density at radius 2 is 2.00 bits per heavy atom. The SMILES string of the molecule is CC(CO)CNC(=O)NCC1(c2cccc(C(F)(F)F)c2)CCOCC1. The first-order valence-electron chi connectivity index (χ1n) is 8.65. The summed E-state index contributed by atoms with van der Waals surface area (Å²) in [5, 5.41) is 14.4. The maximum absolute atomic E-state index is 13.1. The summed E-state index contributed by atoms with van der Waals surface area (Å²) in [6.07, 6.45) is -3.35. The molecule has 3 N–H and O–H groups in total. The molecule has 146 valence electrons.